The van der Waals surface area contributed by atoms with Crippen molar-refractivity contribution in [2.45, 2.75) is 63.0 Å². The van der Waals surface area contributed by atoms with E-state index < -0.39 is 11.5 Å². The van der Waals surface area contributed by atoms with Gasteiger partial charge in [0.25, 0.3) is 0 Å². The first kappa shape index (κ1) is 13.8. The van der Waals surface area contributed by atoms with Crippen LogP contribution in [0, 0.1) is 0 Å². The maximum Gasteiger partial charge on any atom is 0.324 e. The summed E-state index contributed by atoms with van der Waals surface area (Å²) in [4.78, 5) is 14.1. The van der Waals surface area contributed by atoms with Gasteiger partial charge in [-0.05, 0) is 45.2 Å². The molecule has 1 aliphatic carbocycles. The van der Waals surface area contributed by atoms with Gasteiger partial charge in [-0.25, -0.2) is 0 Å². The summed E-state index contributed by atoms with van der Waals surface area (Å²) < 4.78 is 5.43. The molecule has 1 saturated carbocycles. The Bertz CT molecular complexity index is 287. The molecule has 0 aromatic carbocycles. The average Bonchev–Trinajstić information content (AvgIpc) is 2.67. The fourth-order valence-electron chi connectivity index (χ4n) is 3.52. The van der Waals surface area contributed by atoms with Crippen molar-refractivity contribution >= 4 is 5.97 Å². The van der Waals surface area contributed by atoms with Crippen LogP contribution in [0.3, 0.4) is 0 Å². The number of rotatable bonds is 3. The third-order valence-electron chi connectivity index (χ3n) is 4.62. The Morgan fingerprint density at radius 1 is 1.22 bits per heavy atom. The fourth-order valence-corrected chi connectivity index (χ4v) is 3.52. The van der Waals surface area contributed by atoms with E-state index in [0.29, 0.717) is 6.42 Å². The van der Waals surface area contributed by atoms with Gasteiger partial charge in [0.1, 0.15) is 5.54 Å². The summed E-state index contributed by atoms with van der Waals surface area (Å²) in [5, 5.41) is 9.75. The summed E-state index contributed by atoms with van der Waals surface area (Å²) >= 11 is 0. The lowest BCUT2D eigenvalue weighted by atomic mass is 9.78. The third kappa shape index (κ3) is 2.69. The second kappa shape index (κ2) is 6.02. The standard InChI is InChI=1S/C14H25NO3/c1-18-12-7-6-8-14(11-12,13(16)17)15-9-4-2-3-5-10-15/h12H,2-11H2,1H3,(H,16,17). The minimum absolute atomic E-state index is 0.109. The van der Waals surface area contributed by atoms with E-state index in [2.05, 4.69) is 4.90 Å². The zero-order valence-electron chi connectivity index (χ0n) is 11.4. The lowest BCUT2D eigenvalue weighted by Gasteiger charge is -2.45. The van der Waals surface area contributed by atoms with E-state index in [-0.39, 0.29) is 6.10 Å². The molecule has 0 radical (unpaired) electrons. The number of nitrogens with zero attached hydrogens (tertiary/aromatic N) is 1. The fraction of sp³-hybridized carbons (Fsp3) is 0.929. The van der Waals surface area contributed by atoms with Crippen LogP contribution in [0.1, 0.15) is 51.4 Å². The van der Waals surface area contributed by atoms with E-state index in [0.717, 1.165) is 45.2 Å². The van der Waals surface area contributed by atoms with Gasteiger partial charge in [0.15, 0.2) is 0 Å². The summed E-state index contributed by atoms with van der Waals surface area (Å²) in [6.07, 6.45) is 8.24. The minimum atomic E-state index is -0.663. The monoisotopic (exact) mass is 255 g/mol. The molecule has 2 fully saturated rings. The van der Waals surface area contributed by atoms with Crippen molar-refractivity contribution in [3.63, 3.8) is 0 Å². The van der Waals surface area contributed by atoms with Crippen LogP contribution in [0.25, 0.3) is 0 Å². The molecule has 0 amide bonds. The second-order valence-corrected chi connectivity index (χ2v) is 5.69. The van der Waals surface area contributed by atoms with E-state index in [1.807, 2.05) is 0 Å². The lowest BCUT2D eigenvalue weighted by Crippen LogP contribution is -2.58. The van der Waals surface area contributed by atoms with Crippen LogP contribution in [0.2, 0.25) is 0 Å². The maximum absolute atomic E-state index is 11.9. The average molecular weight is 255 g/mol. The highest BCUT2D eigenvalue weighted by Crippen LogP contribution is 2.36. The van der Waals surface area contributed by atoms with E-state index in [1.54, 1.807) is 7.11 Å². The normalized spacial score (nSPS) is 35.1. The molecule has 104 valence electrons. The van der Waals surface area contributed by atoms with Crippen LogP contribution < -0.4 is 0 Å². The van der Waals surface area contributed by atoms with Crippen molar-refractivity contribution in [2.75, 3.05) is 20.2 Å². The predicted octanol–water partition coefficient (Wildman–Crippen LogP) is 2.27. The van der Waals surface area contributed by atoms with Gasteiger partial charge in [-0.3, -0.25) is 9.69 Å². The molecular weight excluding hydrogens is 230 g/mol. The summed E-state index contributed by atoms with van der Waals surface area (Å²) in [5.41, 5.74) is -0.663. The largest absolute Gasteiger partial charge is 0.480 e. The SMILES string of the molecule is COC1CCCC(C(=O)O)(N2CCCCCC2)C1. The molecule has 0 spiro atoms. The van der Waals surface area contributed by atoms with E-state index >= 15 is 0 Å². The van der Waals surface area contributed by atoms with Crippen LogP contribution in [0.5, 0.6) is 0 Å². The third-order valence-corrected chi connectivity index (χ3v) is 4.62. The number of likely N-dealkylation sites (tertiary alicyclic amines) is 1. The lowest BCUT2D eigenvalue weighted by molar-refractivity contribution is -0.158. The molecule has 1 saturated heterocycles. The van der Waals surface area contributed by atoms with Crippen molar-refractivity contribution in [3.8, 4) is 0 Å². The molecular formula is C14H25NO3. The van der Waals surface area contributed by atoms with Gasteiger partial charge in [-0.1, -0.05) is 12.8 Å². The number of carbonyl (C=O) groups is 1. The molecule has 0 aromatic rings. The van der Waals surface area contributed by atoms with Crippen LogP contribution in [-0.2, 0) is 9.53 Å². The highest BCUT2D eigenvalue weighted by molar-refractivity contribution is 5.79. The van der Waals surface area contributed by atoms with Crippen LogP contribution in [0.15, 0.2) is 0 Å². The topological polar surface area (TPSA) is 49.8 Å². The number of carboxylic acids is 1. The maximum atomic E-state index is 11.9. The molecule has 0 bridgehead atoms. The molecule has 2 unspecified atom stereocenters. The number of carboxylic acid groups (broad SMARTS) is 1. The smallest absolute Gasteiger partial charge is 0.324 e. The molecule has 2 atom stereocenters. The number of hydrogen-bond acceptors (Lipinski definition) is 3. The van der Waals surface area contributed by atoms with Crippen LogP contribution in [-0.4, -0.2) is 47.8 Å². The van der Waals surface area contributed by atoms with Gasteiger partial charge < -0.3 is 9.84 Å². The minimum Gasteiger partial charge on any atom is -0.480 e. The van der Waals surface area contributed by atoms with Crippen molar-refractivity contribution in [2.24, 2.45) is 0 Å². The number of methoxy groups -OCH3 is 1. The molecule has 1 heterocycles. The number of aliphatic carboxylic acids is 1. The predicted molar refractivity (Wildman–Crippen MR) is 69.7 cm³/mol. The Morgan fingerprint density at radius 2 is 1.89 bits per heavy atom. The van der Waals surface area contributed by atoms with Gasteiger partial charge in [0, 0.05) is 13.5 Å². The number of ether oxygens (including phenoxy) is 1. The van der Waals surface area contributed by atoms with E-state index in [4.69, 9.17) is 4.74 Å². The van der Waals surface area contributed by atoms with Crippen molar-refractivity contribution in [3.05, 3.63) is 0 Å². The zero-order valence-corrected chi connectivity index (χ0v) is 11.4. The summed E-state index contributed by atoms with van der Waals surface area (Å²) in [7, 11) is 1.70. The second-order valence-electron chi connectivity index (χ2n) is 5.69. The molecule has 18 heavy (non-hydrogen) atoms. The molecule has 1 N–H and O–H groups in total. The molecule has 4 heteroatoms. The Morgan fingerprint density at radius 3 is 2.44 bits per heavy atom. The molecule has 4 nitrogen and oxygen atoms in total. The van der Waals surface area contributed by atoms with Crippen LogP contribution >= 0.6 is 0 Å². The highest BCUT2D eigenvalue weighted by atomic mass is 16.5. The van der Waals surface area contributed by atoms with E-state index in [9.17, 15) is 9.90 Å². The van der Waals surface area contributed by atoms with Crippen LogP contribution in [0.4, 0.5) is 0 Å². The van der Waals surface area contributed by atoms with Crippen molar-refractivity contribution in [1.29, 1.82) is 0 Å². The molecule has 1 aliphatic heterocycles. The van der Waals surface area contributed by atoms with Gasteiger partial charge in [-0.2, -0.15) is 0 Å². The van der Waals surface area contributed by atoms with Crippen molar-refractivity contribution < 1.29 is 14.6 Å². The quantitative estimate of drug-likeness (QED) is 0.840. The first-order chi connectivity index (χ1) is 8.69. The van der Waals surface area contributed by atoms with Gasteiger partial charge >= 0.3 is 5.97 Å². The van der Waals surface area contributed by atoms with E-state index in [1.165, 1.54) is 12.8 Å². The summed E-state index contributed by atoms with van der Waals surface area (Å²) in [6.45, 7) is 1.87. The molecule has 2 rings (SSSR count). The highest BCUT2D eigenvalue weighted by Gasteiger charge is 2.47. The Hall–Kier alpha value is -0.610. The van der Waals surface area contributed by atoms with Crippen molar-refractivity contribution in [1.82, 2.24) is 4.90 Å². The molecule has 0 aromatic heterocycles. The van der Waals surface area contributed by atoms with Gasteiger partial charge in [-0.15, -0.1) is 0 Å². The Balaban J connectivity index is 2.16. The Labute approximate surface area is 109 Å². The van der Waals surface area contributed by atoms with Gasteiger partial charge in [0.2, 0.25) is 0 Å². The first-order valence-corrected chi connectivity index (χ1v) is 7.20. The number of hydrogen-bond donors (Lipinski definition) is 1. The van der Waals surface area contributed by atoms with Gasteiger partial charge in [0.05, 0.1) is 6.10 Å². The molecule has 2 aliphatic rings. The summed E-state index contributed by atoms with van der Waals surface area (Å²) in [6, 6.07) is 0. The zero-order chi connectivity index (χ0) is 13.0. The first-order valence-electron chi connectivity index (χ1n) is 7.20. The Kier molecular flexibility index (Phi) is 4.62. The summed E-state index contributed by atoms with van der Waals surface area (Å²) in [5.74, 6) is -0.647.